The zero-order chi connectivity index (χ0) is 14.5. The second-order valence-corrected chi connectivity index (χ2v) is 4.81. The van der Waals surface area contributed by atoms with Gasteiger partial charge in [0, 0.05) is 6.20 Å². The van der Waals surface area contributed by atoms with Crippen molar-refractivity contribution >= 4 is 11.6 Å². The van der Waals surface area contributed by atoms with Crippen LogP contribution in [0.25, 0.3) is 0 Å². The van der Waals surface area contributed by atoms with E-state index in [4.69, 9.17) is 4.74 Å². The van der Waals surface area contributed by atoms with Crippen LogP contribution in [0.2, 0.25) is 0 Å². The molecule has 20 heavy (non-hydrogen) atoms. The van der Waals surface area contributed by atoms with Crippen LogP contribution >= 0.6 is 0 Å². The quantitative estimate of drug-likeness (QED) is 0.928. The first-order valence-corrected chi connectivity index (χ1v) is 6.50. The Morgan fingerprint density at radius 2 is 1.95 bits per heavy atom. The molecule has 1 heterocycles. The fourth-order valence-corrected chi connectivity index (χ4v) is 1.94. The van der Waals surface area contributed by atoms with Gasteiger partial charge in [-0.05, 0) is 56.2 Å². The van der Waals surface area contributed by atoms with E-state index in [-0.39, 0.29) is 5.91 Å². The first-order valence-electron chi connectivity index (χ1n) is 6.50. The van der Waals surface area contributed by atoms with E-state index in [1.165, 1.54) is 0 Å². The Balaban J connectivity index is 2.00. The monoisotopic (exact) mass is 270 g/mol. The van der Waals surface area contributed by atoms with Crippen LogP contribution in [-0.4, -0.2) is 17.0 Å². The number of pyridine rings is 1. The van der Waals surface area contributed by atoms with Gasteiger partial charge in [0.25, 0.3) is 5.91 Å². The van der Waals surface area contributed by atoms with Gasteiger partial charge < -0.3 is 10.1 Å². The van der Waals surface area contributed by atoms with Gasteiger partial charge in [-0.3, -0.25) is 9.78 Å². The van der Waals surface area contributed by atoms with Gasteiger partial charge >= 0.3 is 0 Å². The maximum atomic E-state index is 12.0. The first-order chi connectivity index (χ1) is 9.54. The lowest BCUT2D eigenvalue weighted by atomic mass is 10.1. The molecule has 104 valence electrons. The smallest absolute Gasteiger partial charge is 0.265 e. The van der Waals surface area contributed by atoms with Crippen LogP contribution in [0.1, 0.15) is 18.1 Å². The van der Waals surface area contributed by atoms with Crippen molar-refractivity contribution in [2.45, 2.75) is 26.9 Å². The standard InChI is InChI=1S/C16H18N2O2/c1-11-7-12(2)9-15(8-11)20-13(3)16(19)18-14-5-4-6-17-10-14/h4-10,13H,1-3H3,(H,18,19)/t13-/m0/s1. The molecule has 0 spiro atoms. The number of nitrogens with one attached hydrogen (secondary N) is 1. The molecule has 0 radical (unpaired) electrons. The predicted molar refractivity (Wildman–Crippen MR) is 78.9 cm³/mol. The molecule has 0 saturated carbocycles. The van der Waals surface area contributed by atoms with E-state index in [2.05, 4.69) is 16.4 Å². The molecular formula is C16H18N2O2. The van der Waals surface area contributed by atoms with Gasteiger partial charge in [-0.2, -0.15) is 0 Å². The molecule has 0 unspecified atom stereocenters. The summed E-state index contributed by atoms with van der Waals surface area (Å²) in [4.78, 5) is 16.0. The average Bonchev–Trinajstić information content (AvgIpc) is 2.38. The highest BCUT2D eigenvalue weighted by Crippen LogP contribution is 2.18. The summed E-state index contributed by atoms with van der Waals surface area (Å²) in [5, 5.41) is 2.76. The Hall–Kier alpha value is -2.36. The van der Waals surface area contributed by atoms with E-state index in [1.807, 2.05) is 26.0 Å². The minimum Gasteiger partial charge on any atom is -0.481 e. The molecule has 2 aromatic rings. The van der Waals surface area contributed by atoms with Crippen LogP contribution in [0.3, 0.4) is 0 Å². The van der Waals surface area contributed by atoms with Crippen LogP contribution in [0, 0.1) is 13.8 Å². The van der Waals surface area contributed by atoms with Crippen molar-refractivity contribution in [3.8, 4) is 5.75 Å². The molecule has 0 aliphatic rings. The molecular weight excluding hydrogens is 252 g/mol. The third-order valence-corrected chi connectivity index (χ3v) is 2.81. The third kappa shape index (κ3) is 3.82. The fourth-order valence-electron chi connectivity index (χ4n) is 1.94. The SMILES string of the molecule is Cc1cc(C)cc(O[C@@H](C)C(=O)Nc2cccnc2)c1. The summed E-state index contributed by atoms with van der Waals surface area (Å²) in [5.41, 5.74) is 2.88. The molecule has 4 nitrogen and oxygen atoms in total. The minimum absolute atomic E-state index is 0.197. The second kappa shape index (κ2) is 6.19. The lowest BCUT2D eigenvalue weighted by Crippen LogP contribution is -2.30. The highest BCUT2D eigenvalue weighted by molar-refractivity contribution is 5.93. The van der Waals surface area contributed by atoms with Gasteiger partial charge in [-0.15, -0.1) is 0 Å². The predicted octanol–water partition coefficient (Wildman–Crippen LogP) is 3.10. The Morgan fingerprint density at radius 3 is 2.55 bits per heavy atom. The molecule has 1 aromatic carbocycles. The maximum Gasteiger partial charge on any atom is 0.265 e. The lowest BCUT2D eigenvalue weighted by molar-refractivity contribution is -0.122. The lowest BCUT2D eigenvalue weighted by Gasteiger charge is -2.15. The van der Waals surface area contributed by atoms with Crippen LogP contribution in [-0.2, 0) is 4.79 Å². The molecule has 0 saturated heterocycles. The number of amides is 1. The van der Waals surface area contributed by atoms with E-state index in [0.717, 1.165) is 11.1 Å². The molecule has 0 aliphatic heterocycles. The maximum absolute atomic E-state index is 12.0. The molecule has 0 bridgehead atoms. The summed E-state index contributed by atoms with van der Waals surface area (Å²) < 4.78 is 5.68. The van der Waals surface area contributed by atoms with Gasteiger partial charge in [0.15, 0.2) is 6.10 Å². The van der Waals surface area contributed by atoms with Gasteiger partial charge in [0.2, 0.25) is 0 Å². The Bertz CT molecular complexity index is 576. The minimum atomic E-state index is -0.573. The summed E-state index contributed by atoms with van der Waals surface area (Å²) >= 11 is 0. The largest absolute Gasteiger partial charge is 0.481 e. The van der Waals surface area contributed by atoms with Gasteiger partial charge in [-0.1, -0.05) is 6.07 Å². The Kier molecular flexibility index (Phi) is 4.35. The van der Waals surface area contributed by atoms with Gasteiger partial charge in [0.05, 0.1) is 11.9 Å². The number of aryl methyl sites for hydroxylation is 2. The van der Waals surface area contributed by atoms with Crippen molar-refractivity contribution in [2.75, 3.05) is 5.32 Å². The third-order valence-electron chi connectivity index (χ3n) is 2.81. The number of carbonyl (C=O) groups excluding carboxylic acids is 1. The Labute approximate surface area is 118 Å². The molecule has 1 atom stereocenters. The normalized spacial score (nSPS) is 11.8. The molecule has 1 N–H and O–H groups in total. The second-order valence-electron chi connectivity index (χ2n) is 4.81. The molecule has 4 heteroatoms. The number of aromatic nitrogens is 1. The number of hydrogen-bond donors (Lipinski definition) is 1. The van der Waals surface area contributed by atoms with Crippen molar-refractivity contribution in [3.05, 3.63) is 53.9 Å². The van der Waals surface area contributed by atoms with Crippen LogP contribution in [0.15, 0.2) is 42.7 Å². The van der Waals surface area contributed by atoms with Crippen molar-refractivity contribution in [1.29, 1.82) is 0 Å². The number of carbonyl (C=O) groups is 1. The van der Waals surface area contributed by atoms with Gasteiger partial charge in [0.1, 0.15) is 5.75 Å². The molecule has 2 rings (SSSR count). The number of rotatable bonds is 4. The van der Waals surface area contributed by atoms with Gasteiger partial charge in [-0.25, -0.2) is 0 Å². The zero-order valence-electron chi connectivity index (χ0n) is 11.9. The van der Waals surface area contributed by atoms with E-state index in [0.29, 0.717) is 11.4 Å². The Morgan fingerprint density at radius 1 is 1.25 bits per heavy atom. The van der Waals surface area contributed by atoms with Crippen molar-refractivity contribution in [1.82, 2.24) is 4.98 Å². The summed E-state index contributed by atoms with van der Waals surface area (Å²) in [7, 11) is 0. The van der Waals surface area contributed by atoms with Crippen LogP contribution < -0.4 is 10.1 Å². The highest BCUT2D eigenvalue weighted by Gasteiger charge is 2.15. The van der Waals surface area contributed by atoms with Crippen molar-refractivity contribution in [2.24, 2.45) is 0 Å². The van der Waals surface area contributed by atoms with E-state index < -0.39 is 6.10 Å². The number of ether oxygens (including phenoxy) is 1. The fraction of sp³-hybridized carbons (Fsp3) is 0.250. The van der Waals surface area contributed by atoms with Crippen LogP contribution in [0.5, 0.6) is 5.75 Å². The molecule has 1 aromatic heterocycles. The molecule has 0 fully saturated rings. The number of benzene rings is 1. The topological polar surface area (TPSA) is 51.2 Å². The average molecular weight is 270 g/mol. The summed E-state index contributed by atoms with van der Waals surface area (Å²) in [6, 6.07) is 9.45. The summed E-state index contributed by atoms with van der Waals surface area (Å²) in [5.74, 6) is 0.508. The highest BCUT2D eigenvalue weighted by atomic mass is 16.5. The summed E-state index contributed by atoms with van der Waals surface area (Å²) in [6.07, 6.45) is 2.68. The number of anilines is 1. The van der Waals surface area contributed by atoms with Crippen molar-refractivity contribution in [3.63, 3.8) is 0 Å². The van der Waals surface area contributed by atoms with Crippen molar-refractivity contribution < 1.29 is 9.53 Å². The van der Waals surface area contributed by atoms with E-state index in [9.17, 15) is 4.79 Å². The van der Waals surface area contributed by atoms with E-state index in [1.54, 1.807) is 31.5 Å². The zero-order valence-corrected chi connectivity index (χ0v) is 11.9. The molecule has 0 aliphatic carbocycles. The van der Waals surface area contributed by atoms with Crippen LogP contribution in [0.4, 0.5) is 5.69 Å². The van der Waals surface area contributed by atoms with E-state index >= 15 is 0 Å². The molecule has 1 amide bonds. The summed E-state index contributed by atoms with van der Waals surface area (Å²) in [6.45, 7) is 5.73. The first kappa shape index (κ1) is 14.1. The number of hydrogen-bond acceptors (Lipinski definition) is 3. The number of nitrogens with zero attached hydrogens (tertiary/aromatic N) is 1.